The van der Waals surface area contributed by atoms with Gasteiger partial charge in [0.15, 0.2) is 0 Å². The largest absolute Gasteiger partial charge is 0.416 e. The molecule has 0 bridgehead atoms. The molecule has 2 aromatic rings. The van der Waals surface area contributed by atoms with Gasteiger partial charge >= 0.3 is 12.2 Å². The Labute approximate surface area is 157 Å². The molecule has 146 valence electrons. The summed E-state index contributed by atoms with van der Waals surface area (Å²) in [5.41, 5.74) is 0.770. The highest BCUT2D eigenvalue weighted by atomic mass is 19.4. The van der Waals surface area contributed by atoms with Crippen molar-refractivity contribution in [3.63, 3.8) is 0 Å². The molecule has 0 heterocycles. The predicted molar refractivity (Wildman–Crippen MR) is 99.3 cm³/mol. The first-order valence-corrected chi connectivity index (χ1v) is 8.63. The standard InChI is InChI=1S/C20H24F3N3O/c1-26(2)14-18(12-15-7-4-3-5-8-15)25-19(27)24-13-16-9-6-10-17(11-16)20(21,22)23/h3-11,18H,12-14H2,1-2H3,(H2,24,25,27). The lowest BCUT2D eigenvalue weighted by Crippen LogP contribution is -2.47. The van der Waals surface area contributed by atoms with E-state index in [2.05, 4.69) is 10.6 Å². The zero-order valence-corrected chi connectivity index (χ0v) is 15.4. The zero-order valence-electron chi connectivity index (χ0n) is 15.4. The number of likely N-dealkylation sites (N-methyl/N-ethyl adjacent to an activating group) is 1. The molecule has 0 aliphatic carbocycles. The fourth-order valence-corrected chi connectivity index (χ4v) is 2.78. The summed E-state index contributed by atoms with van der Waals surface area (Å²) in [6.07, 6.45) is -3.74. The van der Waals surface area contributed by atoms with Gasteiger partial charge in [0.1, 0.15) is 0 Å². The molecular weight excluding hydrogens is 355 g/mol. The molecule has 1 atom stereocenters. The monoisotopic (exact) mass is 379 g/mol. The van der Waals surface area contributed by atoms with Gasteiger partial charge in [0.25, 0.3) is 0 Å². The highest BCUT2D eigenvalue weighted by Gasteiger charge is 2.30. The molecule has 1 unspecified atom stereocenters. The van der Waals surface area contributed by atoms with Gasteiger partial charge in [-0.3, -0.25) is 0 Å². The van der Waals surface area contributed by atoms with Crippen molar-refractivity contribution in [1.29, 1.82) is 0 Å². The number of hydrogen-bond acceptors (Lipinski definition) is 2. The van der Waals surface area contributed by atoms with E-state index in [0.29, 0.717) is 18.5 Å². The van der Waals surface area contributed by atoms with Crippen molar-refractivity contribution in [3.05, 3.63) is 71.3 Å². The average molecular weight is 379 g/mol. The summed E-state index contributed by atoms with van der Waals surface area (Å²) < 4.78 is 38.3. The number of carbonyl (C=O) groups is 1. The number of nitrogens with zero attached hydrogens (tertiary/aromatic N) is 1. The summed E-state index contributed by atoms with van der Waals surface area (Å²) in [4.78, 5) is 14.2. The number of alkyl halides is 3. The quantitative estimate of drug-likeness (QED) is 0.771. The highest BCUT2D eigenvalue weighted by Crippen LogP contribution is 2.29. The number of rotatable bonds is 7. The topological polar surface area (TPSA) is 44.4 Å². The van der Waals surface area contributed by atoms with Gasteiger partial charge in [0.2, 0.25) is 0 Å². The molecule has 2 rings (SSSR count). The van der Waals surface area contributed by atoms with Gasteiger partial charge in [-0.1, -0.05) is 42.5 Å². The van der Waals surface area contributed by atoms with Crippen LogP contribution in [-0.2, 0) is 19.1 Å². The first kappa shape index (κ1) is 20.8. The molecule has 0 radical (unpaired) electrons. The van der Waals surface area contributed by atoms with Gasteiger partial charge < -0.3 is 15.5 Å². The Morgan fingerprint density at radius 2 is 1.70 bits per heavy atom. The van der Waals surface area contributed by atoms with Crippen LogP contribution >= 0.6 is 0 Å². The number of amides is 2. The Balaban J connectivity index is 1.93. The predicted octanol–water partition coefficient (Wildman–Crippen LogP) is 3.68. The third-order valence-electron chi connectivity index (χ3n) is 3.95. The van der Waals surface area contributed by atoms with E-state index in [1.54, 1.807) is 6.07 Å². The van der Waals surface area contributed by atoms with Crippen molar-refractivity contribution >= 4 is 6.03 Å². The van der Waals surface area contributed by atoms with E-state index in [1.165, 1.54) is 6.07 Å². The van der Waals surface area contributed by atoms with Crippen LogP contribution in [0.25, 0.3) is 0 Å². The Morgan fingerprint density at radius 1 is 1.04 bits per heavy atom. The zero-order chi connectivity index (χ0) is 19.9. The third kappa shape index (κ3) is 7.30. The maximum absolute atomic E-state index is 12.8. The number of benzene rings is 2. The van der Waals surface area contributed by atoms with Gasteiger partial charge in [0, 0.05) is 19.1 Å². The average Bonchev–Trinajstić information content (AvgIpc) is 2.60. The molecule has 2 amide bonds. The van der Waals surface area contributed by atoms with Crippen molar-refractivity contribution in [2.45, 2.75) is 25.2 Å². The van der Waals surface area contributed by atoms with E-state index in [1.807, 2.05) is 49.3 Å². The van der Waals surface area contributed by atoms with Crippen LogP contribution in [0.3, 0.4) is 0 Å². The molecule has 4 nitrogen and oxygen atoms in total. The molecule has 2 N–H and O–H groups in total. The molecule has 0 aliphatic rings. The van der Waals surface area contributed by atoms with E-state index in [0.717, 1.165) is 17.7 Å². The van der Waals surface area contributed by atoms with E-state index in [4.69, 9.17) is 0 Å². The van der Waals surface area contributed by atoms with Gasteiger partial charge in [-0.15, -0.1) is 0 Å². The van der Waals surface area contributed by atoms with E-state index < -0.39 is 17.8 Å². The van der Waals surface area contributed by atoms with Crippen molar-refractivity contribution < 1.29 is 18.0 Å². The van der Waals surface area contributed by atoms with Crippen LogP contribution in [0.2, 0.25) is 0 Å². The third-order valence-corrected chi connectivity index (χ3v) is 3.95. The van der Waals surface area contributed by atoms with Crippen LogP contribution in [0.1, 0.15) is 16.7 Å². The Hall–Kier alpha value is -2.54. The second-order valence-corrected chi connectivity index (χ2v) is 6.67. The number of halogens is 3. The molecule has 0 spiro atoms. The molecule has 7 heteroatoms. The first-order valence-electron chi connectivity index (χ1n) is 8.63. The second kappa shape index (κ2) is 9.41. The molecule has 0 aromatic heterocycles. The lowest BCUT2D eigenvalue weighted by molar-refractivity contribution is -0.137. The minimum Gasteiger partial charge on any atom is -0.334 e. The summed E-state index contributed by atoms with van der Waals surface area (Å²) in [5, 5.41) is 5.53. The summed E-state index contributed by atoms with van der Waals surface area (Å²) in [7, 11) is 3.83. The molecule has 0 saturated heterocycles. The minimum absolute atomic E-state index is 0.0236. The fourth-order valence-electron chi connectivity index (χ4n) is 2.78. The van der Waals surface area contributed by atoms with Gasteiger partial charge in [-0.2, -0.15) is 13.2 Å². The summed E-state index contributed by atoms with van der Waals surface area (Å²) in [5.74, 6) is 0. The highest BCUT2D eigenvalue weighted by molar-refractivity contribution is 5.74. The molecule has 27 heavy (non-hydrogen) atoms. The van der Waals surface area contributed by atoms with Crippen molar-refractivity contribution in [1.82, 2.24) is 15.5 Å². The van der Waals surface area contributed by atoms with Gasteiger partial charge in [-0.25, -0.2) is 4.79 Å². The van der Waals surface area contributed by atoms with Crippen LogP contribution in [0.15, 0.2) is 54.6 Å². The van der Waals surface area contributed by atoms with E-state index in [9.17, 15) is 18.0 Å². The van der Waals surface area contributed by atoms with Crippen molar-refractivity contribution in [2.24, 2.45) is 0 Å². The number of hydrogen-bond donors (Lipinski definition) is 2. The number of nitrogens with one attached hydrogen (secondary N) is 2. The maximum atomic E-state index is 12.8. The lowest BCUT2D eigenvalue weighted by atomic mass is 10.1. The number of urea groups is 1. The molecule has 0 aliphatic heterocycles. The maximum Gasteiger partial charge on any atom is 0.416 e. The smallest absolute Gasteiger partial charge is 0.334 e. The van der Waals surface area contributed by atoms with Crippen LogP contribution < -0.4 is 10.6 Å². The molecular formula is C20H24F3N3O. The Bertz CT molecular complexity index is 733. The van der Waals surface area contributed by atoms with E-state index in [-0.39, 0.29) is 12.6 Å². The summed E-state index contributed by atoms with van der Waals surface area (Å²) in [6, 6.07) is 14.2. The minimum atomic E-state index is -4.40. The number of carbonyl (C=O) groups excluding carboxylic acids is 1. The Morgan fingerprint density at radius 3 is 2.33 bits per heavy atom. The normalized spacial score (nSPS) is 12.7. The van der Waals surface area contributed by atoms with Crippen LogP contribution in [0, 0.1) is 0 Å². The second-order valence-electron chi connectivity index (χ2n) is 6.67. The lowest BCUT2D eigenvalue weighted by Gasteiger charge is -2.23. The van der Waals surface area contributed by atoms with Crippen LogP contribution in [0.4, 0.5) is 18.0 Å². The van der Waals surface area contributed by atoms with Crippen molar-refractivity contribution in [3.8, 4) is 0 Å². The fraction of sp³-hybridized carbons (Fsp3) is 0.350. The van der Waals surface area contributed by atoms with Gasteiger partial charge in [-0.05, 0) is 43.8 Å². The Kier molecular flexibility index (Phi) is 7.24. The summed E-state index contributed by atoms with van der Waals surface area (Å²) >= 11 is 0. The van der Waals surface area contributed by atoms with Crippen LogP contribution in [-0.4, -0.2) is 37.6 Å². The van der Waals surface area contributed by atoms with Crippen molar-refractivity contribution in [2.75, 3.05) is 20.6 Å². The van der Waals surface area contributed by atoms with Crippen LogP contribution in [0.5, 0.6) is 0 Å². The molecule has 0 fully saturated rings. The summed E-state index contributed by atoms with van der Waals surface area (Å²) in [6.45, 7) is 0.668. The first-order chi connectivity index (χ1) is 12.7. The molecule has 2 aromatic carbocycles. The SMILES string of the molecule is CN(C)CC(Cc1ccccc1)NC(=O)NCc1cccc(C(F)(F)F)c1. The molecule has 0 saturated carbocycles. The van der Waals surface area contributed by atoms with E-state index >= 15 is 0 Å². The van der Waals surface area contributed by atoms with Gasteiger partial charge in [0.05, 0.1) is 5.56 Å².